The molecule has 0 saturated heterocycles. The summed E-state index contributed by atoms with van der Waals surface area (Å²) in [4.78, 5) is 7.29. The van der Waals surface area contributed by atoms with Crippen molar-refractivity contribution in [3.63, 3.8) is 0 Å². The van der Waals surface area contributed by atoms with E-state index in [1.165, 1.54) is 6.92 Å². The van der Waals surface area contributed by atoms with E-state index in [4.69, 9.17) is 0 Å². The number of rotatable bonds is 5. The first-order valence-corrected chi connectivity index (χ1v) is 3.52. The van der Waals surface area contributed by atoms with Crippen LogP contribution >= 0.6 is 0 Å². The highest BCUT2D eigenvalue weighted by molar-refractivity contribution is 4.57. The molecule has 0 heterocycles. The standard InChI is InChI=1S/C6H9F5O2/c1-2-12-13-6(10,11)4-3-5(7,8)9/h2-4H2,1H3. The van der Waals surface area contributed by atoms with Gasteiger partial charge in [-0.1, -0.05) is 0 Å². The topological polar surface area (TPSA) is 18.5 Å². The van der Waals surface area contributed by atoms with Crippen molar-refractivity contribution in [2.24, 2.45) is 0 Å². The lowest BCUT2D eigenvalue weighted by Crippen LogP contribution is -2.24. The minimum absolute atomic E-state index is 0.151. The van der Waals surface area contributed by atoms with Gasteiger partial charge in [0.2, 0.25) is 0 Å². The first-order chi connectivity index (χ1) is 5.77. The Labute approximate surface area is 71.5 Å². The largest absolute Gasteiger partial charge is 0.389 e. The van der Waals surface area contributed by atoms with Crippen LogP contribution in [0.5, 0.6) is 0 Å². The monoisotopic (exact) mass is 208 g/mol. The third-order valence-corrected chi connectivity index (χ3v) is 0.998. The highest BCUT2D eigenvalue weighted by Gasteiger charge is 2.38. The van der Waals surface area contributed by atoms with Gasteiger partial charge in [-0.05, 0) is 6.92 Å². The summed E-state index contributed by atoms with van der Waals surface area (Å²) in [7, 11) is 0. The van der Waals surface area contributed by atoms with Gasteiger partial charge in [-0.2, -0.15) is 26.8 Å². The van der Waals surface area contributed by atoms with Gasteiger partial charge in [-0.3, -0.25) is 0 Å². The van der Waals surface area contributed by atoms with Crippen molar-refractivity contribution < 1.29 is 31.7 Å². The molecule has 0 aliphatic heterocycles. The highest BCUT2D eigenvalue weighted by atomic mass is 19.4. The van der Waals surface area contributed by atoms with E-state index in [0.717, 1.165) is 0 Å². The van der Waals surface area contributed by atoms with E-state index < -0.39 is 25.1 Å². The van der Waals surface area contributed by atoms with Gasteiger partial charge >= 0.3 is 12.3 Å². The van der Waals surface area contributed by atoms with E-state index >= 15 is 0 Å². The summed E-state index contributed by atoms with van der Waals surface area (Å²) in [6.45, 7) is 1.22. The molecule has 0 bridgehead atoms. The van der Waals surface area contributed by atoms with Crippen LogP contribution in [0, 0.1) is 0 Å². The summed E-state index contributed by atoms with van der Waals surface area (Å²) in [5.74, 6) is 0. The van der Waals surface area contributed by atoms with Crippen molar-refractivity contribution in [3.05, 3.63) is 0 Å². The predicted molar refractivity (Wildman–Crippen MR) is 32.9 cm³/mol. The second-order valence-electron chi connectivity index (χ2n) is 2.24. The summed E-state index contributed by atoms with van der Waals surface area (Å²) in [6, 6.07) is 0. The second-order valence-corrected chi connectivity index (χ2v) is 2.24. The lowest BCUT2D eigenvalue weighted by molar-refractivity contribution is -0.441. The minimum Gasteiger partial charge on any atom is -0.231 e. The summed E-state index contributed by atoms with van der Waals surface area (Å²) in [5, 5.41) is 0. The SMILES string of the molecule is CCOOC(F)(F)CCC(F)(F)F. The average molecular weight is 208 g/mol. The van der Waals surface area contributed by atoms with Crippen LogP contribution in [0.15, 0.2) is 0 Å². The van der Waals surface area contributed by atoms with Gasteiger partial charge in [0.25, 0.3) is 0 Å². The Kier molecular flexibility index (Phi) is 4.55. The van der Waals surface area contributed by atoms with Crippen molar-refractivity contribution in [1.29, 1.82) is 0 Å². The molecule has 0 aromatic heterocycles. The smallest absolute Gasteiger partial charge is 0.231 e. The van der Waals surface area contributed by atoms with Crippen molar-refractivity contribution in [2.75, 3.05) is 6.61 Å². The van der Waals surface area contributed by atoms with Crippen LogP contribution in [0.2, 0.25) is 0 Å². The van der Waals surface area contributed by atoms with E-state index in [1.54, 1.807) is 0 Å². The predicted octanol–water partition coefficient (Wildman–Crippen LogP) is 2.89. The van der Waals surface area contributed by atoms with Crippen LogP contribution in [-0.4, -0.2) is 18.9 Å². The number of hydrogen-bond donors (Lipinski definition) is 0. The van der Waals surface area contributed by atoms with Crippen LogP contribution in [0.25, 0.3) is 0 Å². The van der Waals surface area contributed by atoms with Gasteiger partial charge in [0.15, 0.2) is 0 Å². The van der Waals surface area contributed by atoms with Gasteiger partial charge in [0.05, 0.1) is 13.0 Å². The molecule has 0 amide bonds. The Morgan fingerprint density at radius 2 is 1.54 bits per heavy atom. The Morgan fingerprint density at radius 1 is 1.00 bits per heavy atom. The number of halogens is 5. The molecule has 0 unspecified atom stereocenters. The zero-order chi connectivity index (χ0) is 10.5. The average Bonchev–Trinajstić information content (AvgIpc) is 1.97. The molecule has 0 aliphatic rings. The molecule has 0 fully saturated rings. The van der Waals surface area contributed by atoms with Gasteiger partial charge in [-0.15, -0.1) is 0 Å². The molecule has 80 valence electrons. The molecular formula is C6H9F5O2. The summed E-state index contributed by atoms with van der Waals surface area (Å²) in [6.07, 6.45) is -11.5. The molecule has 0 spiro atoms. The maximum atomic E-state index is 12.3. The van der Waals surface area contributed by atoms with Crippen LogP contribution in [0.3, 0.4) is 0 Å². The normalized spacial score (nSPS) is 13.4. The van der Waals surface area contributed by atoms with Gasteiger partial charge in [-0.25, -0.2) is 4.89 Å². The molecular weight excluding hydrogens is 199 g/mol. The minimum atomic E-state index is -4.61. The Hall–Kier alpha value is -0.430. The molecule has 0 radical (unpaired) electrons. The molecule has 13 heavy (non-hydrogen) atoms. The Bertz CT molecular complexity index is 144. The molecule has 0 aromatic rings. The summed E-state index contributed by atoms with van der Waals surface area (Å²) >= 11 is 0. The fraction of sp³-hybridized carbons (Fsp3) is 1.00. The first-order valence-electron chi connectivity index (χ1n) is 3.52. The van der Waals surface area contributed by atoms with Crippen molar-refractivity contribution >= 4 is 0 Å². The zero-order valence-corrected chi connectivity index (χ0v) is 6.83. The van der Waals surface area contributed by atoms with E-state index in [1.807, 2.05) is 0 Å². The quantitative estimate of drug-likeness (QED) is 0.393. The summed E-state index contributed by atoms with van der Waals surface area (Å²) in [5.41, 5.74) is 0. The maximum Gasteiger partial charge on any atom is 0.389 e. The molecule has 0 N–H and O–H groups in total. The molecule has 0 aliphatic carbocycles. The highest BCUT2D eigenvalue weighted by Crippen LogP contribution is 2.29. The van der Waals surface area contributed by atoms with Crippen molar-refractivity contribution in [3.8, 4) is 0 Å². The fourth-order valence-electron chi connectivity index (χ4n) is 0.474. The third kappa shape index (κ3) is 7.92. The van der Waals surface area contributed by atoms with Crippen molar-refractivity contribution in [1.82, 2.24) is 0 Å². The van der Waals surface area contributed by atoms with Gasteiger partial charge < -0.3 is 0 Å². The van der Waals surface area contributed by atoms with E-state index in [9.17, 15) is 22.0 Å². The third-order valence-electron chi connectivity index (χ3n) is 0.998. The van der Waals surface area contributed by atoms with Crippen LogP contribution in [-0.2, 0) is 9.78 Å². The van der Waals surface area contributed by atoms with Crippen LogP contribution in [0.1, 0.15) is 19.8 Å². The Morgan fingerprint density at radius 3 is 1.92 bits per heavy atom. The van der Waals surface area contributed by atoms with Gasteiger partial charge in [0, 0.05) is 6.42 Å². The van der Waals surface area contributed by atoms with E-state index in [2.05, 4.69) is 9.78 Å². The second kappa shape index (κ2) is 4.71. The molecule has 0 atom stereocenters. The molecule has 0 saturated carbocycles. The molecule has 7 heteroatoms. The summed E-state index contributed by atoms with van der Waals surface area (Å²) < 4.78 is 59.0. The molecule has 2 nitrogen and oxygen atoms in total. The van der Waals surface area contributed by atoms with Crippen molar-refractivity contribution in [2.45, 2.75) is 32.1 Å². The lowest BCUT2D eigenvalue weighted by Gasteiger charge is -2.15. The molecule has 0 aromatic carbocycles. The first kappa shape index (κ1) is 12.6. The Balaban J connectivity index is 3.75. The van der Waals surface area contributed by atoms with Gasteiger partial charge in [0.1, 0.15) is 0 Å². The zero-order valence-electron chi connectivity index (χ0n) is 6.83. The van der Waals surface area contributed by atoms with E-state index in [-0.39, 0.29) is 6.61 Å². The number of hydrogen-bond acceptors (Lipinski definition) is 2. The van der Waals surface area contributed by atoms with Crippen LogP contribution in [0.4, 0.5) is 22.0 Å². The number of alkyl halides is 5. The fourth-order valence-corrected chi connectivity index (χ4v) is 0.474. The van der Waals surface area contributed by atoms with E-state index in [0.29, 0.717) is 0 Å². The maximum absolute atomic E-state index is 12.3. The molecule has 0 rings (SSSR count). The lowest BCUT2D eigenvalue weighted by atomic mass is 10.3. The van der Waals surface area contributed by atoms with Crippen LogP contribution < -0.4 is 0 Å².